The molecule has 0 unspecified atom stereocenters. The van der Waals surface area contributed by atoms with Crippen LogP contribution in [0.4, 0.5) is 0 Å². The van der Waals surface area contributed by atoms with Crippen molar-refractivity contribution < 1.29 is 21.6 Å². The lowest BCUT2D eigenvalue weighted by molar-refractivity contribution is 0.277. The molecule has 334 valence electrons. The molecule has 57 heavy (non-hydrogen) atoms. The highest BCUT2D eigenvalue weighted by atomic mass is 32.2. The Morgan fingerprint density at radius 1 is 0.228 bits per heavy atom. The van der Waals surface area contributed by atoms with Crippen LogP contribution in [0.2, 0.25) is 0 Å². The van der Waals surface area contributed by atoms with Crippen LogP contribution in [0.15, 0.2) is 182 Å². The smallest absolute Gasteiger partial charge is 0.144 e. The van der Waals surface area contributed by atoms with Crippen molar-refractivity contribution in [1.29, 1.82) is 0 Å². The highest BCUT2D eigenvalue weighted by Gasteiger charge is 1.79. The zero-order valence-electron chi connectivity index (χ0n) is 38.2. The van der Waals surface area contributed by atoms with E-state index in [1.807, 2.05) is 265 Å². The third kappa shape index (κ3) is 192. The first-order valence-corrected chi connectivity index (χ1v) is 23.7. The second-order valence-electron chi connectivity index (χ2n) is 8.47. The molecule has 0 amide bonds. The van der Waals surface area contributed by atoms with Crippen molar-refractivity contribution in [2.24, 2.45) is 0 Å². The van der Waals surface area contributed by atoms with Gasteiger partial charge >= 0.3 is 0 Å². The topological polar surface area (TPSA) is 77.5 Å². The minimum Gasteiger partial charge on any atom is -0.388 e. The Morgan fingerprint density at radius 3 is 0.263 bits per heavy atom. The second-order valence-corrected chi connectivity index (χ2v) is 13.0. The van der Waals surface area contributed by atoms with Gasteiger partial charge in [-0.1, -0.05) is 280 Å². The maximum atomic E-state index is 9.63. The van der Waals surface area contributed by atoms with Gasteiger partial charge in [0.15, 0.2) is 0 Å². The number of rotatable bonds is 0. The molecule has 5 aromatic rings. The Kier molecular flexibility index (Phi) is 127. The van der Waals surface area contributed by atoms with Crippen molar-refractivity contribution in [3.63, 3.8) is 0 Å². The number of sulfone groups is 2. The molecule has 0 bridgehead atoms. The first kappa shape index (κ1) is 81.2. The average Bonchev–Trinajstić information content (AvgIpc) is 3.26. The van der Waals surface area contributed by atoms with Gasteiger partial charge in [-0.25, -0.2) is 16.8 Å². The van der Waals surface area contributed by atoms with Gasteiger partial charge in [0.1, 0.15) is 19.7 Å². The number of methoxy groups -OCH3 is 1. The normalized spacial score (nSPS) is 7.19. The molecule has 0 fully saturated rings. The lowest BCUT2D eigenvalue weighted by Crippen LogP contribution is -1.86. The van der Waals surface area contributed by atoms with Gasteiger partial charge in [-0.15, -0.1) is 0 Å². The summed E-state index contributed by atoms with van der Waals surface area (Å²) in [6.07, 6.45) is 4.64. The Bertz CT molecular complexity index is 977. The number of benzene rings is 5. The van der Waals surface area contributed by atoms with Crippen LogP contribution in [-0.4, -0.2) is 56.1 Å². The first-order chi connectivity index (χ1) is 26.4. The Hall–Kier alpha value is -4.04. The predicted molar refractivity (Wildman–Crippen MR) is 268 cm³/mol. The molecule has 0 atom stereocenters. The molecule has 5 rings (SSSR count). The quantitative estimate of drug-likeness (QED) is 0.155. The molecule has 5 nitrogen and oxygen atoms in total. The summed E-state index contributed by atoms with van der Waals surface area (Å²) in [5, 5.41) is 0. The van der Waals surface area contributed by atoms with Crippen LogP contribution >= 0.6 is 0 Å². The maximum absolute atomic E-state index is 9.63. The summed E-state index contributed by atoms with van der Waals surface area (Å²) in [6.45, 7) is 24.0. The summed E-state index contributed by atoms with van der Waals surface area (Å²) in [5.74, 6) is 0. The number of hydrogen-bond donors (Lipinski definition) is 0. The monoisotopic (exact) mass is 837 g/mol. The zero-order chi connectivity index (χ0) is 44.9. The number of ether oxygens (including phenoxy) is 1. The van der Waals surface area contributed by atoms with Crippen molar-refractivity contribution in [2.45, 2.75) is 97.9 Å². The van der Waals surface area contributed by atoms with E-state index < -0.39 is 19.7 Å². The van der Waals surface area contributed by atoms with Gasteiger partial charge < -0.3 is 4.74 Å². The molecular formula is C50H92O5S2. The van der Waals surface area contributed by atoms with E-state index in [9.17, 15) is 16.8 Å². The van der Waals surface area contributed by atoms with Gasteiger partial charge in [0.2, 0.25) is 0 Å². The molecule has 0 spiro atoms. The first-order valence-electron chi connectivity index (χ1n) is 19.1. The summed E-state index contributed by atoms with van der Waals surface area (Å²) < 4.78 is 42.8. The highest BCUT2D eigenvalue weighted by Crippen LogP contribution is 1.82. The molecule has 0 N–H and O–H groups in total. The van der Waals surface area contributed by atoms with Crippen molar-refractivity contribution in [2.75, 3.05) is 39.2 Å². The van der Waals surface area contributed by atoms with Crippen LogP contribution in [0.1, 0.15) is 97.9 Å². The van der Waals surface area contributed by atoms with Crippen molar-refractivity contribution in [1.82, 2.24) is 0 Å². The summed E-state index contributed by atoms with van der Waals surface area (Å²) in [4.78, 5) is 0. The molecule has 0 saturated carbocycles. The van der Waals surface area contributed by atoms with E-state index in [1.54, 1.807) is 14.2 Å². The molecule has 0 saturated heterocycles. The van der Waals surface area contributed by atoms with Gasteiger partial charge in [0, 0.05) is 39.2 Å². The fraction of sp³-hybridized carbons (Fsp3) is 0.400. The largest absolute Gasteiger partial charge is 0.388 e. The van der Waals surface area contributed by atoms with Crippen LogP contribution in [0, 0.1) is 0 Å². The fourth-order valence-electron chi connectivity index (χ4n) is 1.92. The predicted octanol–water partition coefficient (Wildman–Crippen LogP) is 15.4. The average molecular weight is 837 g/mol. The van der Waals surface area contributed by atoms with Crippen LogP contribution in [-0.2, 0) is 24.4 Å². The summed E-state index contributed by atoms with van der Waals surface area (Å²) in [7, 11) is -2.08. The molecule has 5 aromatic carbocycles. The van der Waals surface area contributed by atoms with Crippen LogP contribution < -0.4 is 0 Å². The van der Waals surface area contributed by atoms with Crippen molar-refractivity contribution in [3.05, 3.63) is 182 Å². The van der Waals surface area contributed by atoms with Crippen LogP contribution in [0.25, 0.3) is 0 Å². The standard InChI is InChI=1S/5C6H6.2C2H6O2S.C2H6O.6C2H6.2CH4/c5*1-2-4-6-5-3-1;2*1-5(2,3)4;1-3-2;6*1-2;;/h5*1-6H;2*1-2H3;1-2H3;6*1-2H3;2*1H4. The van der Waals surface area contributed by atoms with Crippen molar-refractivity contribution >= 4 is 19.7 Å². The maximum Gasteiger partial charge on any atom is 0.144 e. The fourth-order valence-corrected chi connectivity index (χ4v) is 1.92. The lowest BCUT2D eigenvalue weighted by atomic mass is 10.4. The van der Waals surface area contributed by atoms with E-state index in [1.165, 1.54) is 0 Å². The van der Waals surface area contributed by atoms with Gasteiger partial charge in [-0.2, -0.15) is 0 Å². The Labute approximate surface area is 358 Å². The molecule has 7 heteroatoms. The molecule has 0 aliphatic rings. The molecule has 0 aromatic heterocycles. The zero-order valence-corrected chi connectivity index (χ0v) is 39.8. The minimum absolute atomic E-state index is 0. The third-order valence-corrected chi connectivity index (χ3v) is 3.33. The van der Waals surface area contributed by atoms with E-state index >= 15 is 0 Å². The van der Waals surface area contributed by atoms with Crippen molar-refractivity contribution in [3.8, 4) is 0 Å². The lowest BCUT2D eigenvalue weighted by Gasteiger charge is -1.69. The van der Waals surface area contributed by atoms with E-state index in [2.05, 4.69) is 4.74 Å². The van der Waals surface area contributed by atoms with E-state index in [0.29, 0.717) is 0 Å². The molecule has 0 radical (unpaired) electrons. The molecular weight excluding hydrogens is 745 g/mol. The Morgan fingerprint density at radius 2 is 0.246 bits per heavy atom. The molecule has 0 aliphatic heterocycles. The van der Waals surface area contributed by atoms with E-state index in [0.717, 1.165) is 25.0 Å². The molecule has 0 aliphatic carbocycles. The molecule has 0 heterocycles. The Balaban J connectivity index is -0.0000000454. The highest BCUT2D eigenvalue weighted by molar-refractivity contribution is 7.90. The summed E-state index contributed by atoms with van der Waals surface area (Å²) in [6, 6.07) is 60.0. The van der Waals surface area contributed by atoms with Gasteiger partial charge in [-0.05, 0) is 0 Å². The summed E-state index contributed by atoms with van der Waals surface area (Å²) in [5.41, 5.74) is 0. The van der Waals surface area contributed by atoms with E-state index in [4.69, 9.17) is 0 Å². The third-order valence-electron chi connectivity index (χ3n) is 3.33. The minimum atomic E-state index is -2.67. The second kappa shape index (κ2) is 88.9. The van der Waals surface area contributed by atoms with Crippen LogP contribution in [0.5, 0.6) is 0 Å². The van der Waals surface area contributed by atoms with Crippen LogP contribution in [0.3, 0.4) is 0 Å². The van der Waals surface area contributed by atoms with Gasteiger partial charge in [0.25, 0.3) is 0 Å². The number of hydrogen-bond acceptors (Lipinski definition) is 5. The van der Waals surface area contributed by atoms with Gasteiger partial charge in [0.05, 0.1) is 0 Å². The SMILES string of the molecule is C.C.CC.CC.CC.CC.CC.CC.COC.CS(C)(=O)=O.CS(C)(=O)=O.c1ccccc1.c1ccccc1.c1ccccc1.c1ccccc1.c1ccccc1. The summed E-state index contributed by atoms with van der Waals surface area (Å²) >= 11 is 0. The van der Waals surface area contributed by atoms with E-state index in [-0.39, 0.29) is 14.9 Å². The van der Waals surface area contributed by atoms with Gasteiger partial charge in [-0.3, -0.25) is 0 Å².